The summed E-state index contributed by atoms with van der Waals surface area (Å²) in [5, 5.41) is 9.06. The van der Waals surface area contributed by atoms with Gasteiger partial charge in [-0.15, -0.1) is 0 Å². The number of carbonyl (C=O) groups is 1. The van der Waals surface area contributed by atoms with E-state index in [0.717, 1.165) is 46.9 Å². The van der Waals surface area contributed by atoms with Crippen LogP contribution in [-0.4, -0.2) is 29.8 Å². The topological polar surface area (TPSA) is 81.8 Å². The number of nitrogens with zero attached hydrogens (tertiary/aromatic N) is 1. The van der Waals surface area contributed by atoms with Crippen molar-refractivity contribution in [2.45, 2.75) is 38.5 Å². The van der Waals surface area contributed by atoms with Gasteiger partial charge < -0.3 is 19.0 Å². The highest BCUT2D eigenvalue weighted by molar-refractivity contribution is 5.68. The Bertz CT molecular complexity index is 1060. The molecule has 0 spiro atoms. The van der Waals surface area contributed by atoms with Gasteiger partial charge in [-0.05, 0) is 67.1 Å². The Morgan fingerprint density at radius 3 is 2.90 bits per heavy atom. The van der Waals surface area contributed by atoms with Crippen molar-refractivity contribution >= 4 is 5.97 Å². The molecule has 0 radical (unpaired) electrons. The van der Waals surface area contributed by atoms with Crippen molar-refractivity contribution in [3.8, 4) is 23.0 Å². The lowest BCUT2D eigenvalue weighted by molar-refractivity contribution is -0.137. The fourth-order valence-electron chi connectivity index (χ4n) is 4.00. The first kappa shape index (κ1) is 20.0. The molecule has 1 atom stereocenters. The Hall–Kier alpha value is -3.28. The van der Waals surface area contributed by atoms with E-state index in [2.05, 4.69) is 4.98 Å². The van der Waals surface area contributed by atoms with Crippen molar-refractivity contribution in [3.63, 3.8) is 0 Å². The van der Waals surface area contributed by atoms with Crippen molar-refractivity contribution in [2.24, 2.45) is 0 Å². The van der Waals surface area contributed by atoms with Crippen LogP contribution in [0.1, 0.15) is 41.3 Å². The third kappa shape index (κ3) is 4.32. The minimum Gasteiger partial charge on any atom is -0.497 e. The maximum Gasteiger partial charge on any atom is 0.303 e. The van der Waals surface area contributed by atoms with Crippen LogP contribution in [0.2, 0.25) is 0 Å². The summed E-state index contributed by atoms with van der Waals surface area (Å²) in [5.41, 5.74) is 4.08. The summed E-state index contributed by atoms with van der Waals surface area (Å²) in [6.45, 7) is 2.40. The van der Waals surface area contributed by atoms with Gasteiger partial charge in [0.05, 0.1) is 25.8 Å². The molecule has 0 unspecified atom stereocenters. The van der Waals surface area contributed by atoms with E-state index in [0.29, 0.717) is 18.9 Å². The predicted octanol–water partition coefficient (Wildman–Crippen LogP) is 4.78. The Morgan fingerprint density at radius 1 is 1.23 bits per heavy atom. The summed E-state index contributed by atoms with van der Waals surface area (Å²) < 4.78 is 17.0. The second-order valence-corrected chi connectivity index (χ2v) is 7.55. The molecule has 0 amide bonds. The number of rotatable bonds is 8. The number of benzene rings is 2. The third-order valence-electron chi connectivity index (χ3n) is 5.55. The summed E-state index contributed by atoms with van der Waals surface area (Å²) in [6.07, 6.45) is 2.61. The average Bonchev–Trinajstić information content (AvgIpc) is 3.31. The van der Waals surface area contributed by atoms with Gasteiger partial charge >= 0.3 is 5.97 Å². The number of hydrogen-bond donors (Lipinski definition) is 1. The molecule has 156 valence electrons. The lowest BCUT2D eigenvalue weighted by atomic mass is 9.98. The average molecular weight is 407 g/mol. The van der Waals surface area contributed by atoms with Crippen LogP contribution in [0.3, 0.4) is 0 Å². The molecule has 4 rings (SSSR count). The Balaban J connectivity index is 1.38. The standard InChI is InChI=1S/C24H25NO5/c1-15-22(25-24(30-15)18-4-3-5-19(13-18)28-2)10-11-29-20-8-9-21-16(12-20)6-7-17(21)14-23(26)27/h3-5,8-9,12-13,17H,6-7,10-11,14H2,1-2H3,(H,26,27)/t17-/m0/s1. The maximum absolute atomic E-state index is 11.0. The smallest absolute Gasteiger partial charge is 0.303 e. The van der Waals surface area contributed by atoms with E-state index < -0.39 is 5.97 Å². The highest BCUT2D eigenvalue weighted by Gasteiger charge is 2.25. The number of methoxy groups -OCH3 is 1. The molecule has 1 heterocycles. The normalized spacial score (nSPS) is 15.1. The molecule has 6 nitrogen and oxygen atoms in total. The molecular weight excluding hydrogens is 382 g/mol. The molecule has 2 aromatic carbocycles. The van der Waals surface area contributed by atoms with Crippen LogP contribution in [0.4, 0.5) is 0 Å². The van der Waals surface area contributed by atoms with E-state index in [-0.39, 0.29) is 12.3 Å². The number of hydrogen-bond acceptors (Lipinski definition) is 5. The van der Waals surface area contributed by atoms with Crippen LogP contribution in [0.15, 0.2) is 46.9 Å². The summed E-state index contributed by atoms with van der Waals surface area (Å²) in [4.78, 5) is 15.6. The van der Waals surface area contributed by atoms with Crippen molar-refractivity contribution < 1.29 is 23.8 Å². The Kier molecular flexibility index (Phi) is 5.74. The van der Waals surface area contributed by atoms with Gasteiger partial charge in [0.25, 0.3) is 0 Å². The van der Waals surface area contributed by atoms with Gasteiger partial charge in [-0.2, -0.15) is 0 Å². The van der Waals surface area contributed by atoms with Crippen LogP contribution in [0.25, 0.3) is 11.5 Å². The number of carboxylic acids is 1. The fraction of sp³-hybridized carbons (Fsp3) is 0.333. The second kappa shape index (κ2) is 8.61. The van der Waals surface area contributed by atoms with E-state index in [4.69, 9.17) is 19.0 Å². The summed E-state index contributed by atoms with van der Waals surface area (Å²) in [7, 11) is 1.63. The monoisotopic (exact) mass is 407 g/mol. The predicted molar refractivity (Wildman–Crippen MR) is 112 cm³/mol. The first-order chi connectivity index (χ1) is 14.5. The highest BCUT2D eigenvalue weighted by Crippen LogP contribution is 2.37. The Labute approximate surface area is 175 Å². The SMILES string of the molecule is COc1cccc(-c2nc(CCOc3ccc4c(c3)CC[C@H]4CC(=O)O)c(C)o2)c1. The fourth-order valence-corrected chi connectivity index (χ4v) is 4.00. The molecule has 1 aliphatic carbocycles. The maximum atomic E-state index is 11.0. The molecule has 6 heteroatoms. The van der Waals surface area contributed by atoms with Gasteiger partial charge in [-0.25, -0.2) is 4.98 Å². The molecule has 0 saturated carbocycles. The van der Waals surface area contributed by atoms with Gasteiger partial charge in [-0.1, -0.05) is 12.1 Å². The number of fused-ring (bicyclic) bond motifs is 1. The number of aliphatic carboxylic acids is 1. The lowest BCUT2D eigenvalue weighted by Gasteiger charge is -2.10. The van der Waals surface area contributed by atoms with E-state index in [1.165, 1.54) is 5.56 Å². The number of aryl methyl sites for hydroxylation is 2. The summed E-state index contributed by atoms with van der Waals surface area (Å²) >= 11 is 0. The number of aromatic nitrogens is 1. The first-order valence-electron chi connectivity index (χ1n) is 10.1. The number of carboxylic acid groups (broad SMARTS) is 1. The number of oxazole rings is 1. The zero-order valence-corrected chi connectivity index (χ0v) is 17.2. The van der Waals surface area contributed by atoms with E-state index in [1.807, 2.05) is 49.4 Å². The van der Waals surface area contributed by atoms with Crippen molar-refractivity contribution in [1.29, 1.82) is 0 Å². The molecule has 0 bridgehead atoms. The quantitative estimate of drug-likeness (QED) is 0.578. The molecule has 0 saturated heterocycles. The molecule has 1 aromatic heterocycles. The molecule has 3 aromatic rings. The van der Waals surface area contributed by atoms with Crippen LogP contribution in [-0.2, 0) is 17.6 Å². The van der Waals surface area contributed by atoms with Gasteiger partial charge in [-0.3, -0.25) is 4.79 Å². The largest absolute Gasteiger partial charge is 0.497 e. The van der Waals surface area contributed by atoms with Crippen LogP contribution >= 0.6 is 0 Å². The van der Waals surface area contributed by atoms with Gasteiger partial charge in [0.1, 0.15) is 17.3 Å². The van der Waals surface area contributed by atoms with Crippen molar-refractivity contribution in [3.05, 3.63) is 65.0 Å². The molecule has 0 fully saturated rings. The first-order valence-corrected chi connectivity index (χ1v) is 10.1. The third-order valence-corrected chi connectivity index (χ3v) is 5.55. The molecular formula is C24H25NO5. The number of ether oxygens (including phenoxy) is 2. The van der Waals surface area contributed by atoms with E-state index in [1.54, 1.807) is 7.11 Å². The van der Waals surface area contributed by atoms with Gasteiger partial charge in [0.2, 0.25) is 5.89 Å². The van der Waals surface area contributed by atoms with E-state index in [9.17, 15) is 4.79 Å². The van der Waals surface area contributed by atoms with Crippen molar-refractivity contribution in [2.75, 3.05) is 13.7 Å². The molecule has 1 aliphatic rings. The van der Waals surface area contributed by atoms with Crippen LogP contribution < -0.4 is 9.47 Å². The van der Waals surface area contributed by atoms with Crippen LogP contribution in [0, 0.1) is 6.92 Å². The Morgan fingerprint density at radius 2 is 2.10 bits per heavy atom. The molecule has 0 aliphatic heterocycles. The molecule has 30 heavy (non-hydrogen) atoms. The lowest BCUT2D eigenvalue weighted by Crippen LogP contribution is -2.04. The zero-order chi connectivity index (χ0) is 21.1. The summed E-state index contributed by atoms with van der Waals surface area (Å²) in [5.74, 6) is 2.28. The van der Waals surface area contributed by atoms with Crippen molar-refractivity contribution in [1.82, 2.24) is 4.98 Å². The van der Waals surface area contributed by atoms with E-state index >= 15 is 0 Å². The second-order valence-electron chi connectivity index (χ2n) is 7.55. The van der Waals surface area contributed by atoms with Crippen LogP contribution in [0.5, 0.6) is 11.5 Å². The zero-order valence-electron chi connectivity index (χ0n) is 17.2. The van der Waals surface area contributed by atoms with Gasteiger partial charge in [0.15, 0.2) is 0 Å². The summed E-state index contributed by atoms with van der Waals surface area (Å²) in [6, 6.07) is 13.6. The minimum atomic E-state index is -0.746. The van der Waals surface area contributed by atoms with Gasteiger partial charge in [0, 0.05) is 12.0 Å². The minimum absolute atomic E-state index is 0.111. The molecule has 1 N–H and O–H groups in total. The highest BCUT2D eigenvalue weighted by atomic mass is 16.5.